The van der Waals surface area contributed by atoms with E-state index in [-0.39, 0.29) is 6.42 Å². The van der Waals surface area contributed by atoms with Gasteiger partial charge in [-0.25, -0.2) is 13.2 Å². The Morgan fingerprint density at radius 3 is 1.88 bits per heavy atom. The summed E-state index contributed by atoms with van der Waals surface area (Å²) in [5.74, 6) is 0. The van der Waals surface area contributed by atoms with E-state index in [4.69, 9.17) is 0 Å². The lowest BCUT2D eigenvalue weighted by Crippen LogP contribution is -2.03. The van der Waals surface area contributed by atoms with Crippen molar-refractivity contribution in [3.63, 3.8) is 0 Å². The number of hydrogen-bond acceptors (Lipinski definition) is 0. The second kappa shape index (κ2) is 3.75. The van der Waals surface area contributed by atoms with Crippen LogP contribution < -0.4 is 0 Å². The fourth-order valence-electron chi connectivity index (χ4n) is 0.360. The Labute approximate surface area is 46.7 Å². The van der Waals surface area contributed by atoms with Gasteiger partial charge in [0.25, 0.3) is 0 Å². The quantitative estimate of drug-likeness (QED) is 0.544. The third-order valence-electron chi connectivity index (χ3n) is 0.877. The highest BCUT2D eigenvalue weighted by Crippen LogP contribution is 2.09. The molecule has 8 heavy (non-hydrogen) atoms. The molecule has 0 rings (SSSR count). The highest BCUT2D eigenvalue weighted by molar-refractivity contribution is 4.52. The summed E-state index contributed by atoms with van der Waals surface area (Å²) in [5, 5.41) is 0. The average molecular weight is 126 g/mol. The summed E-state index contributed by atoms with van der Waals surface area (Å²) in [6, 6.07) is 0. The van der Waals surface area contributed by atoms with Crippen LogP contribution in [-0.2, 0) is 0 Å². The second-order valence-corrected chi connectivity index (χ2v) is 1.63. The SMILES string of the molecule is CCC(F)CC(F)F. The van der Waals surface area contributed by atoms with Crippen LogP contribution in [0.4, 0.5) is 13.2 Å². The number of alkyl halides is 3. The molecule has 0 amide bonds. The fourth-order valence-corrected chi connectivity index (χ4v) is 0.360. The van der Waals surface area contributed by atoms with Gasteiger partial charge in [0, 0.05) is 6.42 Å². The van der Waals surface area contributed by atoms with Gasteiger partial charge in [0.15, 0.2) is 0 Å². The smallest absolute Gasteiger partial charge is 0.241 e. The molecule has 0 saturated heterocycles. The first kappa shape index (κ1) is 7.79. The van der Waals surface area contributed by atoms with Crippen molar-refractivity contribution < 1.29 is 13.2 Å². The van der Waals surface area contributed by atoms with Crippen LogP contribution in [0.3, 0.4) is 0 Å². The van der Waals surface area contributed by atoms with E-state index in [0.717, 1.165) is 0 Å². The van der Waals surface area contributed by atoms with Gasteiger partial charge in [-0.1, -0.05) is 6.92 Å². The Morgan fingerprint density at radius 1 is 1.25 bits per heavy atom. The van der Waals surface area contributed by atoms with Crippen LogP contribution in [-0.4, -0.2) is 12.6 Å². The third kappa shape index (κ3) is 3.96. The van der Waals surface area contributed by atoms with E-state index in [0.29, 0.717) is 0 Å². The molecule has 0 aromatic carbocycles. The van der Waals surface area contributed by atoms with E-state index in [2.05, 4.69) is 0 Å². The Morgan fingerprint density at radius 2 is 1.75 bits per heavy atom. The molecule has 0 bridgehead atoms. The minimum atomic E-state index is -2.50. The number of hydrogen-bond donors (Lipinski definition) is 0. The molecule has 0 spiro atoms. The molecule has 1 unspecified atom stereocenters. The molecule has 1 atom stereocenters. The minimum absolute atomic E-state index is 0.185. The zero-order valence-corrected chi connectivity index (χ0v) is 4.70. The molecule has 0 N–H and O–H groups in total. The first-order chi connectivity index (χ1) is 3.66. The Hall–Kier alpha value is -0.210. The molecule has 0 aliphatic rings. The van der Waals surface area contributed by atoms with Crippen molar-refractivity contribution >= 4 is 0 Å². The molecule has 50 valence electrons. The van der Waals surface area contributed by atoms with Crippen molar-refractivity contribution in [1.29, 1.82) is 0 Å². The largest absolute Gasteiger partial charge is 0.247 e. The summed E-state index contributed by atoms with van der Waals surface area (Å²) in [4.78, 5) is 0. The number of rotatable bonds is 3. The van der Waals surface area contributed by atoms with Crippen molar-refractivity contribution in [2.45, 2.75) is 32.4 Å². The maximum absolute atomic E-state index is 11.9. The standard InChI is InChI=1S/C5H9F3/c1-2-4(6)3-5(7)8/h4-5H,2-3H2,1H3. The van der Waals surface area contributed by atoms with Gasteiger partial charge in [-0.05, 0) is 6.42 Å². The van der Waals surface area contributed by atoms with Crippen LogP contribution in [0.15, 0.2) is 0 Å². The molecule has 0 heterocycles. The van der Waals surface area contributed by atoms with Crippen LogP contribution in [0.5, 0.6) is 0 Å². The lowest BCUT2D eigenvalue weighted by atomic mass is 10.2. The van der Waals surface area contributed by atoms with Gasteiger partial charge in [-0.2, -0.15) is 0 Å². The zero-order valence-electron chi connectivity index (χ0n) is 4.70. The third-order valence-corrected chi connectivity index (χ3v) is 0.877. The predicted molar refractivity (Wildman–Crippen MR) is 25.8 cm³/mol. The molecule has 0 aromatic rings. The Bertz CT molecular complexity index is 53.6. The predicted octanol–water partition coefficient (Wildman–Crippen LogP) is 2.39. The summed E-state index contributed by atoms with van der Waals surface area (Å²) < 4.78 is 34.4. The van der Waals surface area contributed by atoms with E-state index in [1.165, 1.54) is 0 Å². The summed E-state index contributed by atoms with van der Waals surface area (Å²) in [7, 11) is 0. The molecule has 0 fully saturated rings. The Kier molecular flexibility index (Phi) is 3.65. The molecular formula is C5H9F3. The van der Waals surface area contributed by atoms with E-state index >= 15 is 0 Å². The van der Waals surface area contributed by atoms with Crippen LogP contribution in [0.2, 0.25) is 0 Å². The van der Waals surface area contributed by atoms with Gasteiger partial charge < -0.3 is 0 Å². The van der Waals surface area contributed by atoms with E-state index in [1.807, 2.05) is 0 Å². The van der Waals surface area contributed by atoms with Crippen molar-refractivity contribution in [2.24, 2.45) is 0 Å². The van der Waals surface area contributed by atoms with Crippen molar-refractivity contribution in [3.8, 4) is 0 Å². The van der Waals surface area contributed by atoms with E-state index < -0.39 is 19.0 Å². The molecule has 0 aliphatic heterocycles. The molecule has 0 nitrogen and oxygen atoms in total. The monoisotopic (exact) mass is 126 g/mol. The molecule has 3 heteroatoms. The van der Waals surface area contributed by atoms with Gasteiger partial charge in [-0.3, -0.25) is 0 Å². The topological polar surface area (TPSA) is 0 Å². The van der Waals surface area contributed by atoms with Gasteiger partial charge in [0.05, 0.1) is 0 Å². The lowest BCUT2D eigenvalue weighted by molar-refractivity contribution is 0.0991. The van der Waals surface area contributed by atoms with Gasteiger partial charge in [0.2, 0.25) is 6.43 Å². The first-order valence-electron chi connectivity index (χ1n) is 2.59. The van der Waals surface area contributed by atoms with Gasteiger partial charge in [-0.15, -0.1) is 0 Å². The van der Waals surface area contributed by atoms with Crippen LogP contribution in [0.25, 0.3) is 0 Å². The molecular weight excluding hydrogens is 117 g/mol. The van der Waals surface area contributed by atoms with Crippen LogP contribution in [0.1, 0.15) is 19.8 Å². The van der Waals surface area contributed by atoms with E-state index in [1.54, 1.807) is 6.92 Å². The van der Waals surface area contributed by atoms with Crippen molar-refractivity contribution in [2.75, 3.05) is 0 Å². The van der Waals surface area contributed by atoms with Crippen LogP contribution in [0, 0.1) is 0 Å². The molecule has 0 saturated carbocycles. The molecule has 0 radical (unpaired) electrons. The lowest BCUT2D eigenvalue weighted by Gasteiger charge is -2.00. The summed E-state index contributed by atoms with van der Waals surface area (Å²) in [5.41, 5.74) is 0. The highest BCUT2D eigenvalue weighted by Gasteiger charge is 2.10. The normalized spacial score (nSPS) is 14.6. The summed E-state index contributed by atoms with van der Waals surface area (Å²) in [6.45, 7) is 1.55. The minimum Gasteiger partial charge on any atom is -0.247 e. The molecule has 0 aromatic heterocycles. The number of halogens is 3. The summed E-state index contributed by atoms with van der Waals surface area (Å²) >= 11 is 0. The fraction of sp³-hybridized carbons (Fsp3) is 1.00. The maximum atomic E-state index is 11.9. The van der Waals surface area contributed by atoms with E-state index in [9.17, 15) is 13.2 Å². The van der Waals surface area contributed by atoms with Crippen molar-refractivity contribution in [3.05, 3.63) is 0 Å². The van der Waals surface area contributed by atoms with Crippen molar-refractivity contribution in [1.82, 2.24) is 0 Å². The average Bonchev–Trinajstić information content (AvgIpc) is 1.65. The highest BCUT2D eigenvalue weighted by atomic mass is 19.3. The first-order valence-corrected chi connectivity index (χ1v) is 2.59. The van der Waals surface area contributed by atoms with Gasteiger partial charge in [0.1, 0.15) is 6.17 Å². The second-order valence-electron chi connectivity index (χ2n) is 1.63. The van der Waals surface area contributed by atoms with Gasteiger partial charge >= 0.3 is 0 Å². The van der Waals surface area contributed by atoms with Crippen LogP contribution >= 0.6 is 0 Å². The maximum Gasteiger partial charge on any atom is 0.241 e. The summed E-state index contributed by atoms with van der Waals surface area (Å²) in [6.07, 6.45) is -4.25. The Balaban J connectivity index is 3.10. The molecule has 0 aliphatic carbocycles. The zero-order chi connectivity index (χ0) is 6.57.